The average molecular weight is 280 g/mol. The number of benzene rings is 1. The lowest BCUT2D eigenvalue weighted by atomic mass is 10.0. The number of hydrogen-bond donors (Lipinski definition) is 4. The molecule has 1 rings (SSSR count). The largest absolute Gasteiger partial charge is 0.465 e. The van der Waals surface area contributed by atoms with Crippen molar-refractivity contribution in [2.45, 2.75) is 32.9 Å². The maximum atomic E-state index is 12.1. The number of rotatable bonds is 6. The van der Waals surface area contributed by atoms with E-state index in [9.17, 15) is 9.59 Å². The van der Waals surface area contributed by atoms with Crippen LogP contribution in [-0.4, -0.2) is 28.3 Å². The van der Waals surface area contributed by atoms with Gasteiger partial charge in [-0.1, -0.05) is 26.0 Å². The second kappa shape index (κ2) is 7.49. The monoisotopic (exact) mass is 280 g/mol. The Morgan fingerprint density at radius 2 is 1.80 bits per heavy atom. The predicted molar refractivity (Wildman–Crippen MR) is 75.4 cm³/mol. The van der Waals surface area contributed by atoms with Crippen molar-refractivity contribution in [3.8, 4) is 0 Å². The van der Waals surface area contributed by atoms with Crippen molar-refractivity contribution in [1.82, 2.24) is 5.32 Å². The minimum atomic E-state index is -1.22. The Bertz CT molecular complexity index is 457. The van der Waals surface area contributed by atoms with Crippen molar-refractivity contribution in [2.75, 3.05) is 5.32 Å². The van der Waals surface area contributed by atoms with Gasteiger partial charge in [-0.2, -0.15) is 0 Å². The van der Waals surface area contributed by atoms with E-state index in [0.717, 1.165) is 5.56 Å². The van der Waals surface area contributed by atoms with Crippen molar-refractivity contribution < 1.29 is 19.8 Å². The van der Waals surface area contributed by atoms with E-state index in [2.05, 4.69) is 10.6 Å². The molecule has 0 saturated heterocycles. The van der Waals surface area contributed by atoms with Crippen LogP contribution in [0.4, 0.5) is 10.5 Å². The van der Waals surface area contributed by atoms with Crippen molar-refractivity contribution in [3.05, 3.63) is 29.8 Å². The highest BCUT2D eigenvalue weighted by molar-refractivity contribution is 5.96. The molecule has 0 radical (unpaired) electrons. The molecular formula is C14H20N2O4. The van der Waals surface area contributed by atoms with E-state index in [1.807, 2.05) is 13.8 Å². The lowest BCUT2D eigenvalue weighted by molar-refractivity contribution is -0.118. The van der Waals surface area contributed by atoms with Gasteiger partial charge in [0.15, 0.2) is 0 Å². The Morgan fingerprint density at radius 1 is 1.20 bits per heavy atom. The van der Waals surface area contributed by atoms with Gasteiger partial charge >= 0.3 is 6.09 Å². The van der Waals surface area contributed by atoms with Crippen molar-refractivity contribution >= 4 is 17.7 Å². The number of carbonyl (C=O) groups excluding carboxylic acids is 1. The van der Waals surface area contributed by atoms with Crippen LogP contribution in [0.5, 0.6) is 0 Å². The molecule has 6 heteroatoms. The first-order valence-electron chi connectivity index (χ1n) is 6.42. The summed E-state index contributed by atoms with van der Waals surface area (Å²) < 4.78 is 0. The standard InChI is InChI=1S/C14H20N2O4/c1-9(2)7-12(16-14(19)20)13(18)15-11-5-3-10(8-17)4-6-11/h3-6,9,12,16-17H,7-8H2,1-2H3,(H,15,18)(H,19,20). The number of nitrogens with one attached hydrogen (secondary N) is 2. The van der Waals surface area contributed by atoms with Crippen molar-refractivity contribution in [1.29, 1.82) is 0 Å². The van der Waals surface area contributed by atoms with Gasteiger partial charge in [0.05, 0.1) is 6.61 Å². The van der Waals surface area contributed by atoms with E-state index >= 15 is 0 Å². The summed E-state index contributed by atoms with van der Waals surface area (Å²) in [7, 11) is 0. The summed E-state index contributed by atoms with van der Waals surface area (Å²) in [6.07, 6.45) is -0.797. The van der Waals surface area contributed by atoms with E-state index in [-0.39, 0.29) is 12.5 Å². The number of carbonyl (C=O) groups is 2. The van der Waals surface area contributed by atoms with Gasteiger partial charge < -0.3 is 20.8 Å². The Morgan fingerprint density at radius 3 is 2.25 bits per heavy atom. The Balaban J connectivity index is 2.70. The van der Waals surface area contributed by atoms with Gasteiger partial charge in [0, 0.05) is 5.69 Å². The van der Waals surface area contributed by atoms with Crippen LogP contribution in [0.2, 0.25) is 0 Å². The van der Waals surface area contributed by atoms with Gasteiger partial charge in [0.1, 0.15) is 6.04 Å². The third-order valence-electron chi connectivity index (χ3n) is 2.73. The van der Waals surface area contributed by atoms with E-state index < -0.39 is 18.0 Å². The third-order valence-corrected chi connectivity index (χ3v) is 2.73. The number of hydrogen-bond acceptors (Lipinski definition) is 3. The molecule has 4 N–H and O–H groups in total. The van der Waals surface area contributed by atoms with Gasteiger partial charge in [-0.3, -0.25) is 4.79 Å². The molecule has 6 nitrogen and oxygen atoms in total. The van der Waals surface area contributed by atoms with Crippen molar-refractivity contribution in [3.63, 3.8) is 0 Å². The molecule has 20 heavy (non-hydrogen) atoms. The van der Waals surface area contributed by atoms with Crippen LogP contribution in [0.15, 0.2) is 24.3 Å². The van der Waals surface area contributed by atoms with E-state index in [0.29, 0.717) is 12.1 Å². The van der Waals surface area contributed by atoms with E-state index in [1.54, 1.807) is 24.3 Å². The fourth-order valence-electron chi connectivity index (χ4n) is 1.77. The fraction of sp³-hybridized carbons (Fsp3) is 0.429. The smallest absolute Gasteiger partial charge is 0.405 e. The molecule has 0 saturated carbocycles. The fourth-order valence-corrected chi connectivity index (χ4v) is 1.77. The summed E-state index contributed by atoms with van der Waals surface area (Å²) in [5.74, 6) is -0.202. The van der Waals surface area contributed by atoms with Gasteiger partial charge in [-0.25, -0.2) is 4.79 Å². The minimum absolute atomic E-state index is 0.0647. The summed E-state index contributed by atoms with van der Waals surface area (Å²) >= 11 is 0. The molecule has 0 aliphatic heterocycles. The zero-order valence-electron chi connectivity index (χ0n) is 11.6. The lowest BCUT2D eigenvalue weighted by Crippen LogP contribution is -2.44. The molecule has 0 bridgehead atoms. The van der Waals surface area contributed by atoms with Crippen LogP contribution in [0.25, 0.3) is 0 Å². The molecule has 0 spiro atoms. The number of aliphatic hydroxyl groups is 1. The molecule has 1 atom stereocenters. The SMILES string of the molecule is CC(C)CC(NC(=O)O)C(=O)Nc1ccc(CO)cc1. The molecular weight excluding hydrogens is 260 g/mol. The summed E-state index contributed by atoms with van der Waals surface area (Å²) in [5.41, 5.74) is 1.30. The second-order valence-corrected chi connectivity index (χ2v) is 4.98. The zero-order chi connectivity index (χ0) is 15.1. The highest BCUT2D eigenvalue weighted by Crippen LogP contribution is 2.12. The van der Waals surface area contributed by atoms with Crippen LogP contribution in [-0.2, 0) is 11.4 Å². The predicted octanol–water partition coefficient (Wildman–Crippen LogP) is 1.80. The van der Waals surface area contributed by atoms with E-state index in [1.165, 1.54) is 0 Å². The van der Waals surface area contributed by atoms with Crippen LogP contribution in [0.3, 0.4) is 0 Å². The molecule has 0 aliphatic carbocycles. The number of aliphatic hydroxyl groups excluding tert-OH is 1. The first-order valence-corrected chi connectivity index (χ1v) is 6.42. The quantitative estimate of drug-likeness (QED) is 0.638. The zero-order valence-corrected chi connectivity index (χ0v) is 11.6. The molecule has 1 aromatic rings. The van der Waals surface area contributed by atoms with Crippen LogP contribution >= 0.6 is 0 Å². The highest BCUT2D eigenvalue weighted by Gasteiger charge is 2.21. The minimum Gasteiger partial charge on any atom is -0.465 e. The molecule has 0 aromatic heterocycles. The summed E-state index contributed by atoms with van der Waals surface area (Å²) in [4.78, 5) is 22.8. The molecule has 0 fully saturated rings. The third kappa shape index (κ3) is 5.27. The maximum absolute atomic E-state index is 12.1. The molecule has 1 unspecified atom stereocenters. The average Bonchev–Trinajstić information content (AvgIpc) is 2.37. The van der Waals surface area contributed by atoms with Gasteiger partial charge in [0.2, 0.25) is 5.91 Å². The topological polar surface area (TPSA) is 98.7 Å². The number of carboxylic acid groups (broad SMARTS) is 1. The lowest BCUT2D eigenvalue weighted by Gasteiger charge is -2.18. The van der Waals surface area contributed by atoms with Gasteiger partial charge in [-0.15, -0.1) is 0 Å². The number of amides is 2. The first-order chi connectivity index (χ1) is 9.42. The molecule has 110 valence electrons. The second-order valence-electron chi connectivity index (χ2n) is 4.98. The Labute approximate surface area is 117 Å². The van der Waals surface area contributed by atoms with Crippen molar-refractivity contribution in [2.24, 2.45) is 5.92 Å². The molecule has 0 heterocycles. The van der Waals surface area contributed by atoms with Crippen LogP contribution in [0, 0.1) is 5.92 Å². The Kier molecular flexibility index (Phi) is 5.99. The molecule has 2 amide bonds. The van der Waals surface area contributed by atoms with Gasteiger partial charge in [0.25, 0.3) is 0 Å². The first kappa shape index (κ1) is 16.0. The molecule has 1 aromatic carbocycles. The van der Waals surface area contributed by atoms with Crippen LogP contribution in [0.1, 0.15) is 25.8 Å². The normalized spacial score (nSPS) is 12.0. The summed E-state index contributed by atoms with van der Waals surface area (Å²) in [6.45, 7) is 3.77. The van der Waals surface area contributed by atoms with Gasteiger partial charge in [-0.05, 0) is 30.0 Å². The van der Waals surface area contributed by atoms with E-state index in [4.69, 9.17) is 10.2 Å². The molecule has 0 aliphatic rings. The number of anilines is 1. The Hall–Kier alpha value is -2.08. The maximum Gasteiger partial charge on any atom is 0.405 e. The summed E-state index contributed by atoms with van der Waals surface area (Å²) in [5, 5.41) is 22.6. The highest BCUT2D eigenvalue weighted by atomic mass is 16.4. The summed E-state index contributed by atoms with van der Waals surface area (Å²) in [6, 6.07) is 5.92. The van der Waals surface area contributed by atoms with Crippen LogP contribution < -0.4 is 10.6 Å².